The molecule has 1 aromatic carbocycles. The Morgan fingerprint density at radius 2 is 1.84 bits per heavy atom. The van der Waals surface area contributed by atoms with Gasteiger partial charge in [0, 0.05) is 54.4 Å². The topological polar surface area (TPSA) is 116 Å². The lowest BCUT2D eigenvalue weighted by Crippen LogP contribution is -2.36. The predicted molar refractivity (Wildman–Crippen MR) is 172 cm³/mol. The molecule has 3 heterocycles. The lowest BCUT2D eigenvalue weighted by atomic mass is 9.84. The summed E-state index contributed by atoms with van der Waals surface area (Å²) in [7, 11) is 0. The summed E-state index contributed by atoms with van der Waals surface area (Å²) < 4.78 is 11.4. The van der Waals surface area contributed by atoms with Crippen molar-refractivity contribution >= 4 is 40.3 Å². The maximum absolute atomic E-state index is 13.8. The number of ether oxygens (including phenoxy) is 2. The Balaban J connectivity index is 0.00000423. The van der Waals surface area contributed by atoms with Gasteiger partial charge in [0.1, 0.15) is 17.3 Å². The van der Waals surface area contributed by atoms with Crippen molar-refractivity contribution in [1.82, 2.24) is 9.88 Å². The Hall–Kier alpha value is -2.98. The van der Waals surface area contributed by atoms with Crippen LogP contribution in [0.4, 0.5) is 5.69 Å². The van der Waals surface area contributed by atoms with Crippen molar-refractivity contribution < 1.29 is 24.2 Å². The van der Waals surface area contributed by atoms with E-state index in [0.29, 0.717) is 75.1 Å². The van der Waals surface area contributed by atoms with Gasteiger partial charge in [-0.3, -0.25) is 15.0 Å². The number of nitrogens with one attached hydrogen (secondary N) is 1. The summed E-state index contributed by atoms with van der Waals surface area (Å²) in [5.41, 5.74) is 4.75. The Morgan fingerprint density at radius 3 is 2.49 bits per heavy atom. The zero-order chi connectivity index (χ0) is 30.0. The van der Waals surface area contributed by atoms with Gasteiger partial charge in [-0.1, -0.05) is 26.8 Å². The van der Waals surface area contributed by atoms with E-state index in [1.807, 2.05) is 17.0 Å². The molecule has 2 aliphatic heterocycles. The number of fused-ring (bicyclic) bond motifs is 1. The summed E-state index contributed by atoms with van der Waals surface area (Å²) in [5, 5.41) is 18.9. The second kappa shape index (κ2) is 13.8. The van der Waals surface area contributed by atoms with Gasteiger partial charge in [0.2, 0.25) is 0 Å². The van der Waals surface area contributed by atoms with Crippen LogP contribution in [-0.4, -0.2) is 71.5 Å². The number of aliphatic hydroxyl groups is 1. The van der Waals surface area contributed by atoms with E-state index in [2.05, 4.69) is 37.8 Å². The molecule has 0 spiro atoms. The van der Waals surface area contributed by atoms with E-state index in [4.69, 9.17) is 19.9 Å². The minimum atomic E-state index is -0.334. The number of anilines is 1. The number of Topliss-reactive ketones (excluding diaryl/α,β-unsaturated/α-hetero) is 1. The van der Waals surface area contributed by atoms with Gasteiger partial charge >= 0.3 is 5.97 Å². The standard InChI is InChI=1S/C33H44N4O5.BrH/c1-5-41-29(40)7-6-16-42-31-25(33(2,3)4)17-23(18-27(31)36-14-12-24(38)13-15-36)28(39)20-37-19-22-10-11-26(21-8-9-21)35-30(22)32(37)34;/h10-11,17-18,21,24,34,38H,5-9,12-16,19-20H2,1-4H3;1H. The summed E-state index contributed by atoms with van der Waals surface area (Å²) in [4.78, 5) is 34.5. The van der Waals surface area contributed by atoms with Crippen molar-refractivity contribution in [3.05, 3.63) is 52.3 Å². The molecule has 2 N–H and O–H groups in total. The first-order valence-electron chi connectivity index (χ1n) is 15.3. The second-order valence-electron chi connectivity index (χ2n) is 12.7. The van der Waals surface area contributed by atoms with Crippen molar-refractivity contribution in [2.75, 3.05) is 37.7 Å². The molecule has 1 aliphatic carbocycles. The average Bonchev–Trinajstić information content (AvgIpc) is 3.76. The van der Waals surface area contributed by atoms with Crippen LogP contribution in [0.3, 0.4) is 0 Å². The molecule has 0 atom stereocenters. The number of ketones is 1. The molecule has 9 nitrogen and oxygen atoms in total. The first kappa shape index (κ1) is 32.9. The van der Waals surface area contributed by atoms with Crippen LogP contribution in [0.5, 0.6) is 5.75 Å². The highest BCUT2D eigenvalue weighted by Gasteiger charge is 2.33. The molecule has 234 valence electrons. The van der Waals surface area contributed by atoms with Crippen LogP contribution in [0.2, 0.25) is 0 Å². The number of piperidine rings is 1. The number of aliphatic hydroxyl groups excluding tert-OH is 1. The lowest BCUT2D eigenvalue weighted by molar-refractivity contribution is -0.143. The van der Waals surface area contributed by atoms with Crippen LogP contribution in [0.15, 0.2) is 24.3 Å². The highest BCUT2D eigenvalue weighted by atomic mass is 79.9. The molecule has 43 heavy (non-hydrogen) atoms. The van der Waals surface area contributed by atoms with E-state index in [-0.39, 0.29) is 53.2 Å². The molecule has 1 saturated heterocycles. The quantitative estimate of drug-likeness (QED) is 0.184. The van der Waals surface area contributed by atoms with Crippen LogP contribution in [0.1, 0.15) is 105 Å². The van der Waals surface area contributed by atoms with Gasteiger partial charge in [-0.05, 0) is 62.6 Å². The number of carbonyl (C=O) groups excluding carboxylic acids is 2. The first-order chi connectivity index (χ1) is 20.0. The van der Waals surface area contributed by atoms with Crippen molar-refractivity contribution in [2.24, 2.45) is 0 Å². The van der Waals surface area contributed by atoms with E-state index in [9.17, 15) is 14.7 Å². The normalized spacial score (nSPS) is 17.0. The molecular formula is C33H45BrN4O5. The number of nitrogens with zero attached hydrogens (tertiary/aromatic N) is 3. The molecule has 1 aromatic heterocycles. The third-order valence-corrected chi connectivity index (χ3v) is 8.31. The van der Waals surface area contributed by atoms with Gasteiger partial charge in [0.15, 0.2) is 5.78 Å². The fourth-order valence-electron chi connectivity index (χ4n) is 5.73. The summed E-state index contributed by atoms with van der Waals surface area (Å²) in [6.45, 7) is 10.7. The molecule has 10 heteroatoms. The van der Waals surface area contributed by atoms with Crippen LogP contribution in [0, 0.1) is 5.41 Å². The monoisotopic (exact) mass is 656 g/mol. The minimum Gasteiger partial charge on any atom is -0.491 e. The summed E-state index contributed by atoms with van der Waals surface area (Å²) in [6, 6.07) is 7.97. The Kier molecular flexibility index (Phi) is 10.5. The maximum Gasteiger partial charge on any atom is 0.305 e. The number of rotatable bonds is 11. The maximum atomic E-state index is 13.8. The molecule has 3 aliphatic rings. The number of hydrogen-bond donors (Lipinski definition) is 2. The smallest absolute Gasteiger partial charge is 0.305 e. The number of aromatic nitrogens is 1. The van der Waals surface area contributed by atoms with Crippen LogP contribution in [-0.2, 0) is 21.5 Å². The molecule has 0 radical (unpaired) electrons. The van der Waals surface area contributed by atoms with Gasteiger partial charge in [0.25, 0.3) is 0 Å². The zero-order valence-corrected chi connectivity index (χ0v) is 27.5. The zero-order valence-electron chi connectivity index (χ0n) is 25.8. The van der Waals surface area contributed by atoms with E-state index < -0.39 is 0 Å². The lowest BCUT2D eigenvalue weighted by Gasteiger charge is -2.35. The molecule has 2 aromatic rings. The number of esters is 1. The first-order valence-corrected chi connectivity index (χ1v) is 15.3. The SMILES string of the molecule is Br.CCOC(=O)CCCOc1c(N2CCC(O)CC2)cc(C(=O)CN2Cc3ccc(C4CC4)nc3C2=N)cc1C(C)(C)C. The molecule has 2 fully saturated rings. The fraction of sp³-hybridized carbons (Fsp3) is 0.576. The van der Waals surface area contributed by atoms with Gasteiger partial charge < -0.3 is 24.4 Å². The average molecular weight is 658 g/mol. The number of benzene rings is 1. The van der Waals surface area contributed by atoms with Crippen molar-refractivity contribution in [2.45, 2.75) is 90.2 Å². The molecular weight excluding hydrogens is 612 g/mol. The summed E-state index contributed by atoms with van der Waals surface area (Å²) in [6.07, 6.45) is 4.06. The minimum absolute atomic E-state index is 0. The van der Waals surface area contributed by atoms with E-state index in [0.717, 1.165) is 41.1 Å². The predicted octanol–water partition coefficient (Wildman–Crippen LogP) is 5.54. The molecule has 0 unspecified atom stereocenters. The Bertz CT molecular complexity index is 1350. The summed E-state index contributed by atoms with van der Waals surface area (Å²) >= 11 is 0. The van der Waals surface area contributed by atoms with E-state index in [1.165, 1.54) is 0 Å². The van der Waals surface area contributed by atoms with Crippen molar-refractivity contribution in [3.63, 3.8) is 0 Å². The Morgan fingerprint density at radius 1 is 1.12 bits per heavy atom. The van der Waals surface area contributed by atoms with Crippen LogP contribution >= 0.6 is 17.0 Å². The number of hydrogen-bond acceptors (Lipinski definition) is 8. The highest BCUT2D eigenvalue weighted by Crippen LogP contribution is 2.42. The fourth-order valence-corrected chi connectivity index (χ4v) is 5.73. The van der Waals surface area contributed by atoms with Gasteiger partial charge in [-0.25, -0.2) is 4.98 Å². The van der Waals surface area contributed by atoms with Crippen LogP contribution < -0.4 is 9.64 Å². The number of amidine groups is 1. The van der Waals surface area contributed by atoms with E-state index >= 15 is 0 Å². The Labute approximate surface area is 265 Å². The van der Waals surface area contributed by atoms with Crippen molar-refractivity contribution in [1.29, 1.82) is 5.41 Å². The van der Waals surface area contributed by atoms with E-state index in [1.54, 1.807) is 6.92 Å². The van der Waals surface area contributed by atoms with Crippen molar-refractivity contribution in [3.8, 4) is 5.75 Å². The number of carbonyl (C=O) groups is 2. The van der Waals surface area contributed by atoms with Gasteiger partial charge in [0.05, 0.1) is 31.5 Å². The molecule has 1 saturated carbocycles. The third-order valence-electron chi connectivity index (χ3n) is 8.31. The molecule has 0 bridgehead atoms. The van der Waals surface area contributed by atoms with Gasteiger partial charge in [-0.15, -0.1) is 17.0 Å². The van der Waals surface area contributed by atoms with Crippen LogP contribution in [0.25, 0.3) is 0 Å². The number of halogens is 1. The highest BCUT2D eigenvalue weighted by molar-refractivity contribution is 8.93. The largest absolute Gasteiger partial charge is 0.491 e. The third kappa shape index (κ3) is 7.76. The summed E-state index contributed by atoms with van der Waals surface area (Å²) in [5.74, 6) is 1.24. The molecule has 5 rings (SSSR count). The number of pyridine rings is 1. The second-order valence-corrected chi connectivity index (χ2v) is 12.7. The van der Waals surface area contributed by atoms with Gasteiger partial charge in [-0.2, -0.15) is 0 Å². The molecule has 0 amide bonds.